The Balaban J connectivity index is 2.02. The summed E-state index contributed by atoms with van der Waals surface area (Å²) in [6.07, 6.45) is 1.82. The summed E-state index contributed by atoms with van der Waals surface area (Å²) < 4.78 is 11.2. The van der Waals surface area contributed by atoms with E-state index < -0.39 is 0 Å². The number of nitrogens with zero attached hydrogens (tertiary/aromatic N) is 1. The van der Waals surface area contributed by atoms with Gasteiger partial charge in [-0.2, -0.15) is 0 Å². The Labute approximate surface area is 130 Å². The molecule has 0 bridgehead atoms. The molecule has 4 nitrogen and oxygen atoms in total. The summed E-state index contributed by atoms with van der Waals surface area (Å²) in [4.78, 5) is 5.13. The molecule has 0 saturated heterocycles. The molecule has 1 heterocycles. The fourth-order valence-electron chi connectivity index (χ4n) is 1.77. The lowest BCUT2D eigenvalue weighted by Crippen LogP contribution is -2.35. The minimum atomic E-state index is 0.0918. The van der Waals surface area contributed by atoms with Crippen molar-refractivity contribution < 1.29 is 9.47 Å². The van der Waals surface area contributed by atoms with Gasteiger partial charge >= 0.3 is 0 Å². The van der Waals surface area contributed by atoms with Gasteiger partial charge in [-0.25, -0.2) is 0 Å². The zero-order valence-electron chi connectivity index (χ0n) is 13.0. The third kappa shape index (κ3) is 5.02. The van der Waals surface area contributed by atoms with E-state index in [4.69, 9.17) is 9.47 Å². The smallest absolute Gasteiger partial charge is 0.161 e. The predicted molar refractivity (Wildman–Crippen MR) is 86.0 cm³/mol. The first-order valence-corrected chi connectivity index (χ1v) is 7.78. The van der Waals surface area contributed by atoms with E-state index in [0.717, 1.165) is 22.9 Å². The number of nitrogens with one attached hydrogen (secondary N) is 1. The number of aromatic nitrogens is 1. The molecular formula is C16H22N2O2S. The third-order valence-corrected chi connectivity index (χ3v) is 3.66. The number of rotatable bonds is 6. The molecule has 5 heteroatoms. The molecule has 1 aromatic carbocycles. The van der Waals surface area contributed by atoms with Crippen LogP contribution in [-0.4, -0.2) is 17.6 Å². The highest BCUT2D eigenvalue weighted by atomic mass is 32.1. The van der Waals surface area contributed by atoms with Crippen LogP contribution in [-0.2, 0) is 13.2 Å². The third-order valence-electron chi connectivity index (χ3n) is 2.90. The van der Waals surface area contributed by atoms with E-state index in [2.05, 4.69) is 37.1 Å². The SMILES string of the molecule is COc1cc(CNC(C)(C)C)ccc1OCc1cncs1. The average Bonchev–Trinajstić information content (AvgIpc) is 2.95. The van der Waals surface area contributed by atoms with Gasteiger partial charge in [-0.1, -0.05) is 6.07 Å². The second-order valence-electron chi connectivity index (χ2n) is 5.85. The molecule has 0 aliphatic heterocycles. The molecule has 0 radical (unpaired) electrons. The van der Waals surface area contributed by atoms with Crippen molar-refractivity contribution in [3.05, 3.63) is 40.3 Å². The maximum Gasteiger partial charge on any atom is 0.161 e. The fraction of sp³-hybridized carbons (Fsp3) is 0.438. The Bertz CT molecular complexity index is 562. The van der Waals surface area contributed by atoms with Gasteiger partial charge in [0.2, 0.25) is 0 Å². The summed E-state index contributed by atoms with van der Waals surface area (Å²) in [5.41, 5.74) is 3.07. The Morgan fingerprint density at radius 1 is 1.24 bits per heavy atom. The first kappa shape index (κ1) is 15.8. The lowest BCUT2D eigenvalue weighted by atomic mass is 10.1. The molecule has 0 atom stereocenters. The fourth-order valence-corrected chi connectivity index (χ4v) is 2.28. The molecular weight excluding hydrogens is 284 g/mol. The Morgan fingerprint density at radius 3 is 2.67 bits per heavy atom. The second-order valence-corrected chi connectivity index (χ2v) is 6.82. The van der Waals surface area contributed by atoms with Crippen LogP contribution in [0.15, 0.2) is 29.9 Å². The van der Waals surface area contributed by atoms with E-state index in [1.807, 2.05) is 18.3 Å². The summed E-state index contributed by atoms with van der Waals surface area (Å²) in [7, 11) is 1.66. The van der Waals surface area contributed by atoms with Crippen LogP contribution >= 0.6 is 11.3 Å². The number of hydrogen-bond donors (Lipinski definition) is 1. The van der Waals surface area contributed by atoms with Crippen molar-refractivity contribution in [2.75, 3.05) is 7.11 Å². The Kier molecular flexibility index (Phi) is 5.20. The van der Waals surface area contributed by atoms with Crippen LogP contribution in [0.1, 0.15) is 31.2 Å². The van der Waals surface area contributed by atoms with Gasteiger partial charge in [0.25, 0.3) is 0 Å². The van der Waals surface area contributed by atoms with Crippen LogP contribution in [0, 0.1) is 0 Å². The Morgan fingerprint density at radius 2 is 2.05 bits per heavy atom. The molecule has 0 amide bonds. The molecule has 2 aromatic rings. The van der Waals surface area contributed by atoms with Gasteiger partial charge in [-0.3, -0.25) is 4.98 Å². The number of thiazole rings is 1. The van der Waals surface area contributed by atoms with Gasteiger partial charge in [0, 0.05) is 18.3 Å². The van der Waals surface area contributed by atoms with Crippen molar-refractivity contribution in [2.24, 2.45) is 0 Å². The summed E-state index contributed by atoms with van der Waals surface area (Å²) in [6.45, 7) is 7.76. The van der Waals surface area contributed by atoms with Crippen LogP contribution in [0.5, 0.6) is 11.5 Å². The van der Waals surface area contributed by atoms with Gasteiger partial charge in [0.1, 0.15) is 6.61 Å². The lowest BCUT2D eigenvalue weighted by molar-refractivity contribution is 0.287. The zero-order chi connectivity index (χ0) is 15.3. The van der Waals surface area contributed by atoms with Crippen molar-refractivity contribution >= 4 is 11.3 Å². The quantitative estimate of drug-likeness (QED) is 0.885. The molecule has 1 N–H and O–H groups in total. The first-order valence-electron chi connectivity index (χ1n) is 6.90. The van der Waals surface area contributed by atoms with E-state index in [1.165, 1.54) is 5.56 Å². The van der Waals surface area contributed by atoms with Gasteiger partial charge in [-0.05, 0) is 38.5 Å². The molecule has 21 heavy (non-hydrogen) atoms. The normalized spacial score (nSPS) is 11.4. The van der Waals surface area contributed by atoms with Gasteiger partial charge in [0.15, 0.2) is 11.5 Å². The molecule has 114 valence electrons. The minimum absolute atomic E-state index is 0.0918. The Hall–Kier alpha value is -1.59. The van der Waals surface area contributed by atoms with Crippen LogP contribution in [0.3, 0.4) is 0 Å². The molecule has 0 saturated carbocycles. The van der Waals surface area contributed by atoms with Crippen LogP contribution in [0.4, 0.5) is 0 Å². The molecule has 0 fully saturated rings. The van der Waals surface area contributed by atoms with Crippen LogP contribution < -0.4 is 14.8 Å². The van der Waals surface area contributed by atoms with Crippen LogP contribution in [0.2, 0.25) is 0 Å². The minimum Gasteiger partial charge on any atom is -0.493 e. The van der Waals surface area contributed by atoms with E-state index >= 15 is 0 Å². The van der Waals surface area contributed by atoms with Crippen LogP contribution in [0.25, 0.3) is 0 Å². The molecule has 0 unspecified atom stereocenters. The van der Waals surface area contributed by atoms with E-state index in [1.54, 1.807) is 24.0 Å². The number of methoxy groups -OCH3 is 1. The highest BCUT2D eigenvalue weighted by molar-refractivity contribution is 7.09. The summed E-state index contributed by atoms with van der Waals surface area (Å²) in [5.74, 6) is 1.51. The molecule has 2 rings (SSSR count). The largest absolute Gasteiger partial charge is 0.493 e. The predicted octanol–water partition coefficient (Wildman–Crippen LogP) is 3.62. The van der Waals surface area contributed by atoms with E-state index in [9.17, 15) is 0 Å². The summed E-state index contributed by atoms with van der Waals surface area (Å²) in [6, 6.07) is 6.03. The maximum absolute atomic E-state index is 5.80. The first-order chi connectivity index (χ1) is 9.98. The van der Waals surface area contributed by atoms with Crippen molar-refractivity contribution in [3.8, 4) is 11.5 Å². The molecule has 0 spiro atoms. The van der Waals surface area contributed by atoms with Crippen molar-refractivity contribution in [2.45, 2.75) is 39.5 Å². The topological polar surface area (TPSA) is 43.4 Å². The van der Waals surface area contributed by atoms with Gasteiger partial charge in [-0.15, -0.1) is 11.3 Å². The van der Waals surface area contributed by atoms with E-state index in [-0.39, 0.29) is 5.54 Å². The standard InChI is InChI=1S/C16H22N2O2S/c1-16(2,3)18-8-12-5-6-14(15(7-12)19-4)20-10-13-9-17-11-21-13/h5-7,9,11,18H,8,10H2,1-4H3. The van der Waals surface area contributed by atoms with Gasteiger partial charge < -0.3 is 14.8 Å². The second kappa shape index (κ2) is 6.91. The lowest BCUT2D eigenvalue weighted by Gasteiger charge is -2.21. The number of ether oxygens (including phenoxy) is 2. The number of benzene rings is 1. The summed E-state index contributed by atoms with van der Waals surface area (Å²) in [5, 5.41) is 3.46. The molecule has 0 aliphatic carbocycles. The maximum atomic E-state index is 5.80. The summed E-state index contributed by atoms with van der Waals surface area (Å²) >= 11 is 1.58. The van der Waals surface area contributed by atoms with Crippen molar-refractivity contribution in [1.29, 1.82) is 0 Å². The van der Waals surface area contributed by atoms with E-state index in [0.29, 0.717) is 6.61 Å². The highest BCUT2D eigenvalue weighted by Gasteiger charge is 2.11. The average molecular weight is 306 g/mol. The molecule has 0 aliphatic rings. The highest BCUT2D eigenvalue weighted by Crippen LogP contribution is 2.29. The monoisotopic (exact) mass is 306 g/mol. The number of hydrogen-bond acceptors (Lipinski definition) is 5. The van der Waals surface area contributed by atoms with Crippen molar-refractivity contribution in [1.82, 2.24) is 10.3 Å². The zero-order valence-corrected chi connectivity index (χ0v) is 13.8. The van der Waals surface area contributed by atoms with Gasteiger partial charge in [0.05, 0.1) is 17.5 Å². The molecule has 1 aromatic heterocycles. The van der Waals surface area contributed by atoms with Crippen molar-refractivity contribution in [3.63, 3.8) is 0 Å².